The van der Waals surface area contributed by atoms with Crippen LogP contribution >= 0.6 is 0 Å². The minimum Gasteiger partial charge on any atom is -0.445 e. The normalized spacial score (nSPS) is 10.2. The second-order valence-electron chi connectivity index (χ2n) is 3.83. The van der Waals surface area contributed by atoms with Crippen molar-refractivity contribution >= 4 is 11.6 Å². The van der Waals surface area contributed by atoms with E-state index in [-0.39, 0.29) is 12.3 Å². The van der Waals surface area contributed by atoms with Gasteiger partial charge in [-0.1, -0.05) is 18.2 Å². The quantitative estimate of drug-likeness (QED) is 0.881. The molecule has 0 aliphatic carbocycles. The SMILES string of the molecule is Cc1nc(C)c(CC(=O)Nc2ccccc2)o1. The van der Waals surface area contributed by atoms with Gasteiger partial charge in [-0.3, -0.25) is 4.79 Å². The molecule has 2 rings (SSSR count). The van der Waals surface area contributed by atoms with E-state index in [4.69, 9.17) is 4.42 Å². The first kappa shape index (κ1) is 11.4. The highest BCUT2D eigenvalue weighted by atomic mass is 16.4. The number of para-hydroxylation sites is 1. The molecule has 17 heavy (non-hydrogen) atoms. The van der Waals surface area contributed by atoms with Gasteiger partial charge in [0, 0.05) is 12.6 Å². The summed E-state index contributed by atoms with van der Waals surface area (Å²) in [5, 5.41) is 2.80. The number of aryl methyl sites for hydroxylation is 2. The number of hydrogen-bond acceptors (Lipinski definition) is 3. The second-order valence-corrected chi connectivity index (χ2v) is 3.83. The van der Waals surface area contributed by atoms with Crippen molar-refractivity contribution in [2.75, 3.05) is 5.32 Å². The monoisotopic (exact) mass is 230 g/mol. The summed E-state index contributed by atoms with van der Waals surface area (Å²) in [7, 11) is 0. The molecule has 1 amide bonds. The van der Waals surface area contributed by atoms with Gasteiger partial charge in [0.2, 0.25) is 5.91 Å². The van der Waals surface area contributed by atoms with Crippen LogP contribution in [0.3, 0.4) is 0 Å². The van der Waals surface area contributed by atoms with Gasteiger partial charge in [0.25, 0.3) is 0 Å². The van der Waals surface area contributed by atoms with Gasteiger partial charge in [-0.2, -0.15) is 0 Å². The van der Waals surface area contributed by atoms with E-state index in [1.54, 1.807) is 6.92 Å². The molecule has 0 spiro atoms. The molecule has 88 valence electrons. The minimum atomic E-state index is -0.101. The van der Waals surface area contributed by atoms with Gasteiger partial charge in [-0.15, -0.1) is 0 Å². The van der Waals surface area contributed by atoms with Crippen molar-refractivity contribution in [3.8, 4) is 0 Å². The molecule has 1 aromatic heterocycles. The zero-order valence-corrected chi connectivity index (χ0v) is 9.86. The number of carbonyl (C=O) groups excluding carboxylic acids is 1. The van der Waals surface area contributed by atoms with Crippen molar-refractivity contribution in [2.24, 2.45) is 0 Å². The Balaban J connectivity index is 2.01. The average Bonchev–Trinajstić information content (AvgIpc) is 2.58. The van der Waals surface area contributed by atoms with Crippen LogP contribution in [0.4, 0.5) is 5.69 Å². The molecule has 1 aromatic carbocycles. The average molecular weight is 230 g/mol. The topological polar surface area (TPSA) is 55.1 Å². The van der Waals surface area contributed by atoms with E-state index in [1.165, 1.54) is 0 Å². The number of rotatable bonds is 3. The molecule has 4 nitrogen and oxygen atoms in total. The van der Waals surface area contributed by atoms with Crippen LogP contribution in [-0.2, 0) is 11.2 Å². The molecular formula is C13H14N2O2. The van der Waals surface area contributed by atoms with Crippen molar-refractivity contribution in [2.45, 2.75) is 20.3 Å². The van der Waals surface area contributed by atoms with Crippen LogP contribution in [0.25, 0.3) is 0 Å². The molecule has 1 heterocycles. The Hall–Kier alpha value is -2.10. The van der Waals surface area contributed by atoms with Crippen LogP contribution < -0.4 is 5.32 Å². The Morgan fingerprint density at radius 2 is 2.00 bits per heavy atom. The molecule has 0 radical (unpaired) electrons. The van der Waals surface area contributed by atoms with Gasteiger partial charge in [0.05, 0.1) is 12.1 Å². The highest BCUT2D eigenvalue weighted by Crippen LogP contribution is 2.11. The standard InChI is InChI=1S/C13H14N2O2/c1-9-12(17-10(2)14-9)8-13(16)15-11-6-4-3-5-7-11/h3-7H,8H2,1-2H3,(H,15,16). The van der Waals surface area contributed by atoms with Gasteiger partial charge < -0.3 is 9.73 Å². The molecule has 0 atom stereocenters. The predicted octanol–water partition coefficient (Wildman–Crippen LogP) is 2.47. The van der Waals surface area contributed by atoms with Gasteiger partial charge in [0.1, 0.15) is 5.76 Å². The van der Waals surface area contributed by atoms with E-state index >= 15 is 0 Å². The summed E-state index contributed by atoms with van der Waals surface area (Å²) in [5.74, 6) is 1.11. The lowest BCUT2D eigenvalue weighted by Crippen LogP contribution is -2.14. The molecular weight excluding hydrogens is 216 g/mol. The molecule has 0 saturated heterocycles. The fraction of sp³-hybridized carbons (Fsp3) is 0.231. The van der Waals surface area contributed by atoms with Crippen LogP contribution in [0.5, 0.6) is 0 Å². The maximum absolute atomic E-state index is 11.7. The number of benzene rings is 1. The van der Waals surface area contributed by atoms with Crippen LogP contribution in [0.2, 0.25) is 0 Å². The van der Waals surface area contributed by atoms with Crippen molar-refractivity contribution in [1.82, 2.24) is 4.98 Å². The summed E-state index contributed by atoms with van der Waals surface area (Å²) >= 11 is 0. The Morgan fingerprint density at radius 1 is 1.29 bits per heavy atom. The highest BCUT2D eigenvalue weighted by molar-refractivity contribution is 5.91. The van der Waals surface area contributed by atoms with Crippen molar-refractivity contribution in [3.63, 3.8) is 0 Å². The van der Waals surface area contributed by atoms with E-state index < -0.39 is 0 Å². The smallest absolute Gasteiger partial charge is 0.232 e. The first-order valence-corrected chi connectivity index (χ1v) is 5.43. The lowest BCUT2D eigenvalue weighted by Gasteiger charge is -2.03. The number of anilines is 1. The first-order chi connectivity index (χ1) is 8.15. The third-order valence-electron chi connectivity index (χ3n) is 2.38. The van der Waals surface area contributed by atoms with E-state index in [1.807, 2.05) is 37.3 Å². The van der Waals surface area contributed by atoms with Gasteiger partial charge >= 0.3 is 0 Å². The molecule has 0 bridgehead atoms. The number of oxazole rings is 1. The summed E-state index contributed by atoms with van der Waals surface area (Å²) in [6.45, 7) is 3.60. The Bertz CT molecular complexity index is 517. The molecule has 0 saturated carbocycles. The summed E-state index contributed by atoms with van der Waals surface area (Å²) in [6, 6.07) is 9.34. The van der Waals surface area contributed by atoms with E-state index in [2.05, 4.69) is 10.3 Å². The number of nitrogens with zero attached hydrogens (tertiary/aromatic N) is 1. The molecule has 0 aliphatic rings. The summed E-state index contributed by atoms with van der Waals surface area (Å²) < 4.78 is 5.35. The van der Waals surface area contributed by atoms with Crippen molar-refractivity contribution in [3.05, 3.63) is 47.7 Å². The maximum Gasteiger partial charge on any atom is 0.232 e. The zero-order chi connectivity index (χ0) is 12.3. The Morgan fingerprint density at radius 3 is 2.59 bits per heavy atom. The van der Waals surface area contributed by atoms with E-state index in [9.17, 15) is 4.79 Å². The first-order valence-electron chi connectivity index (χ1n) is 5.43. The Labute approximate surface area is 99.7 Å². The summed E-state index contributed by atoms with van der Waals surface area (Å²) in [4.78, 5) is 15.9. The Kier molecular flexibility index (Phi) is 3.23. The highest BCUT2D eigenvalue weighted by Gasteiger charge is 2.11. The molecule has 0 aliphatic heterocycles. The summed E-state index contributed by atoms with van der Waals surface area (Å²) in [5.41, 5.74) is 1.55. The third kappa shape index (κ3) is 2.93. The van der Waals surface area contributed by atoms with Gasteiger partial charge in [-0.25, -0.2) is 4.98 Å². The number of amides is 1. The largest absolute Gasteiger partial charge is 0.445 e. The maximum atomic E-state index is 11.7. The van der Waals surface area contributed by atoms with Crippen molar-refractivity contribution in [1.29, 1.82) is 0 Å². The predicted molar refractivity (Wildman–Crippen MR) is 64.8 cm³/mol. The zero-order valence-electron chi connectivity index (χ0n) is 9.86. The minimum absolute atomic E-state index is 0.101. The molecule has 0 fully saturated rings. The van der Waals surface area contributed by atoms with Gasteiger partial charge in [0.15, 0.2) is 5.89 Å². The molecule has 2 aromatic rings. The van der Waals surface area contributed by atoms with Crippen LogP contribution in [0.1, 0.15) is 17.3 Å². The van der Waals surface area contributed by atoms with Gasteiger partial charge in [-0.05, 0) is 19.1 Å². The fourth-order valence-electron chi connectivity index (χ4n) is 1.61. The molecule has 1 N–H and O–H groups in total. The summed E-state index contributed by atoms with van der Waals surface area (Å²) in [6.07, 6.45) is 0.210. The second kappa shape index (κ2) is 4.82. The lowest BCUT2D eigenvalue weighted by atomic mass is 10.2. The molecule has 4 heteroatoms. The van der Waals surface area contributed by atoms with Crippen LogP contribution in [0, 0.1) is 13.8 Å². The van der Waals surface area contributed by atoms with Crippen LogP contribution in [0.15, 0.2) is 34.7 Å². The van der Waals surface area contributed by atoms with Crippen molar-refractivity contribution < 1.29 is 9.21 Å². The number of carbonyl (C=O) groups is 1. The number of aromatic nitrogens is 1. The van der Waals surface area contributed by atoms with Crippen LogP contribution in [-0.4, -0.2) is 10.9 Å². The lowest BCUT2D eigenvalue weighted by molar-refractivity contribution is -0.115. The molecule has 0 unspecified atom stereocenters. The third-order valence-corrected chi connectivity index (χ3v) is 2.38. The fourth-order valence-corrected chi connectivity index (χ4v) is 1.61. The number of hydrogen-bond donors (Lipinski definition) is 1. The van der Waals surface area contributed by atoms with E-state index in [0.717, 1.165) is 11.4 Å². The van der Waals surface area contributed by atoms with E-state index in [0.29, 0.717) is 11.7 Å². The number of nitrogens with one attached hydrogen (secondary N) is 1.